The molecule has 2 rings (SSSR count). The van der Waals surface area contributed by atoms with E-state index in [1.165, 1.54) is 26.0 Å². The summed E-state index contributed by atoms with van der Waals surface area (Å²) in [5, 5.41) is 2.26. The minimum Gasteiger partial charge on any atom is -0.302 e. The number of alkyl halides is 4. The van der Waals surface area contributed by atoms with E-state index in [4.69, 9.17) is 0 Å². The maximum absolute atomic E-state index is 13.8. The average molecular weight is 413 g/mol. The first kappa shape index (κ1) is 22.4. The highest BCUT2D eigenvalue weighted by atomic mass is 32.2. The summed E-state index contributed by atoms with van der Waals surface area (Å²) in [7, 11) is 0. The molecule has 0 heterocycles. The fourth-order valence-corrected chi connectivity index (χ4v) is 3.32. The zero-order valence-electron chi connectivity index (χ0n) is 15.9. The van der Waals surface area contributed by atoms with Crippen LogP contribution in [0.15, 0.2) is 53.4 Å². The molecule has 0 saturated heterocycles. The lowest BCUT2D eigenvalue weighted by molar-refractivity contribution is -0.160. The number of carbonyl (C=O) groups excluding carboxylic acids is 1. The molecule has 0 aliphatic rings. The number of nitrogens with one attached hydrogen (secondary N) is 1. The van der Waals surface area contributed by atoms with E-state index in [0.29, 0.717) is 6.29 Å². The Morgan fingerprint density at radius 1 is 0.964 bits per heavy atom. The minimum atomic E-state index is -4.62. The lowest BCUT2D eigenvalue weighted by Crippen LogP contribution is -2.43. The van der Waals surface area contributed by atoms with E-state index in [9.17, 15) is 22.4 Å². The Morgan fingerprint density at radius 2 is 1.46 bits per heavy atom. The van der Waals surface area contributed by atoms with E-state index in [-0.39, 0.29) is 12.0 Å². The second kappa shape index (κ2) is 9.09. The van der Waals surface area contributed by atoms with Gasteiger partial charge in [-0.05, 0) is 48.9 Å². The quantitative estimate of drug-likeness (QED) is 0.328. The standard InChI is InChI=1S/C21H23F4NOS/c1-20(2,22)12-17(13-27)26-19(21(23,24)25)16-6-4-14(5-7-16)15-8-10-18(28-3)11-9-15/h4-11,13,17,19,26H,12H2,1-3H3. The Hall–Kier alpha value is -1.86. The van der Waals surface area contributed by atoms with Gasteiger partial charge in [0, 0.05) is 11.3 Å². The average Bonchev–Trinajstić information content (AvgIpc) is 2.63. The van der Waals surface area contributed by atoms with Crippen molar-refractivity contribution in [1.82, 2.24) is 5.32 Å². The molecule has 0 bridgehead atoms. The number of hydrogen-bond acceptors (Lipinski definition) is 3. The molecular weight excluding hydrogens is 390 g/mol. The van der Waals surface area contributed by atoms with Crippen molar-refractivity contribution in [3.63, 3.8) is 0 Å². The monoisotopic (exact) mass is 413 g/mol. The van der Waals surface area contributed by atoms with Crippen LogP contribution in [0.1, 0.15) is 31.9 Å². The molecule has 2 aromatic carbocycles. The van der Waals surface area contributed by atoms with Crippen LogP contribution in [0.3, 0.4) is 0 Å². The van der Waals surface area contributed by atoms with Gasteiger partial charge in [0.2, 0.25) is 0 Å². The van der Waals surface area contributed by atoms with Crippen LogP contribution >= 0.6 is 11.8 Å². The molecule has 0 amide bonds. The second-order valence-corrected chi connectivity index (χ2v) is 8.04. The van der Waals surface area contributed by atoms with E-state index >= 15 is 0 Å². The van der Waals surface area contributed by atoms with Crippen LogP contribution in [-0.4, -0.2) is 30.4 Å². The number of benzene rings is 2. The van der Waals surface area contributed by atoms with Gasteiger partial charge in [-0.25, -0.2) is 4.39 Å². The molecule has 0 aliphatic heterocycles. The van der Waals surface area contributed by atoms with Gasteiger partial charge in [-0.15, -0.1) is 11.8 Å². The van der Waals surface area contributed by atoms with Crippen LogP contribution in [0.25, 0.3) is 11.1 Å². The van der Waals surface area contributed by atoms with Crippen molar-refractivity contribution in [2.24, 2.45) is 0 Å². The first-order valence-electron chi connectivity index (χ1n) is 8.75. The van der Waals surface area contributed by atoms with Crippen molar-refractivity contribution in [2.75, 3.05) is 6.26 Å². The van der Waals surface area contributed by atoms with Gasteiger partial charge in [-0.1, -0.05) is 36.4 Å². The van der Waals surface area contributed by atoms with Crippen molar-refractivity contribution in [3.05, 3.63) is 54.1 Å². The molecule has 2 nitrogen and oxygen atoms in total. The summed E-state index contributed by atoms with van der Waals surface area (Å²) in [6, 6.07) is 10.4. The van der Waals surface area contributed by atoms with Crippen LogP contribution in [0.5, 0.6) is 0 Å². The van der Waals surface area contributed by atoms with Gasteiger partial charge >= 0.3 is 6.18 Å². The molecule has 0 radical (unpaired) electrons. The molecule has 0 aromatic heterocycles. The summed E-state index contributed by atoms with van der Waals surface area (Å²) in [4.78, 5) is 12.3. The largest absolute Gasteiger partial charge is 0.407 e. The summed E-state index contributed by atoms with van der Waals surface area (Å²) in [6.45, 7) is 2.45. The Bertz CT molecular complexity index is 767. The first-order valence-corrected chi connectivity index (χ1v) is 9.97. The maximum atomic E-state index is 13.8. The number of aldehydes is 1. The van der Waals surface area contributed by atoms with E-state index in [1.807, 2.05) is 30.5 Å². The van der Waals surface area contributed by atoms with Crippen LogP contribution in [0.4, 0.5) is 17.6 Å². The predicted octanol–water partition coefficient (Wildman–Crippen LogP) is 5.97. The molecule has 7 heteroatoms. The van der Waals surface area contributed by atoms with Crippen molar-refractivity contribution < 1.29 is 22.4 Å². The van der Waals surface area contributed by atoms with Gasteiger partial charge in [-0.2, -0.15) is 13.2 Å². The number of carbonyl (C=O) groups is 1. The third-order valence-electron chi connectivity index (χ3n) is 4.25. The van der Waals surface area contributed by atoms with Gasteiger partial charge in [0.25, 0.3) is 0 Å². The van der Waals surface area contributed by atoms with Gasteiger partial charge in [0.1, 0.15) is 18.0 Å². The first-order chi connectivity index (χ1) is 13.0. The Kier molecular flexibility index (Phi) is 7.28. The summed E-state index contributed by atoms with van der Waals surface area (Å²) < 4.78 is 54.5. The molecule has 28 heavy (non-hydrogen) atoms. The molecule has 0 spiro atoms. The van der Waals surface area contributed by atoms with Crippen molar-refractivity contribution >= 4 is 18.0 Å². The van der Waals surface area contributed by atoms with E-state index < -0.39 is 23.9 Å². The van der Waals surface area contributed by atoms with Crippen LogP contribution in [0.2, 0.25) is 0 Å². The molecule has 2 aromatic rings. The maximum Gasteiger partial charge on any atom is 0.407 e. The normalized spacial score (nSPS) is 14.5. The molecule has 2 unspecified atom stereocenters. The molecule has 0 fully saturated rings. The Labute approximate surface area is 166 Å². The van der Waals surface area contributed by atoms with Gasteiger partial charge in [-0.3, -0.25) is 5.32 Å². The minimum absolute atomic E-state index is 0.0273. The summed E-state index contributed by atoms with van der Waals surface area (Å²) in [6.07, 6.45) is -2.68. The van der Waals surface area contributed by atoms with Crippen LogP contribution in [0, 0.1) is 0 Å². The highest BCUT2D eigenvalue weighted by Gasteiger charge is 2.42. The lowest BCUT2D eigenvalue weighted by Gasteiger charge is -2.27. The third-order valence-corrected chi connectivity index (χ3v) is 4.99. The van der Waals surface area contributed by atoms with Gasteiger partial charge in [0.05, 0.1) is 6.04 Å². The number of halogens is 4. The Morgan fingerprint density at radius 3 is 1.86 bits per heavy atom. The molecular formula is C21H23F4NOS. The van der Waals surface area contributed by atoms with E-state index in [2.05, 4.69) is 5.32 Å². The molecule has 2 atom stereocenters. The third kappa shape index (κ3) is 6.34. The molecule has 152 valence electrons. The zero-order valence-corrected chi connectivity index (χ0v) is 16.7. The van der Waals surface area contributed by atoms with Crippen LogP contribution < -0.4 is 5.32 Å². The fourth-order valence-electron chi connectivity index (χ4n) is 2.91. The Balaban J connectivity index is 2.25. The van der Waals surface area contributed by atoms with Gasteiger partial charge in [0.15, 0.2) is 0 Å². The van der Waals surface area contributed by atoms with Crippen molar-refractivity contribution in [1.29, 1.82) is 0 Å². The van der Waals surface area contributed by atoms with E-state index in [0.717, 1.165) is 16.0 Å². The number of hydrogen-bond donors (Lipinski definition) is 1. The summed E-state index contributed by atoms with van der Waals surface area (Å²) in [5.74, 6) is 0. The van der Waals surface area contributed by atoms with Crippen molar-refractivity contribution in [2.45, 2.75) is 49.1 Å². The zero-order chi connectivity index (χ0) is 20.9. The smallest absolute Gasteiger partial charge is 0.302 e. The summed E-state index contributed by atoms with van der Waals surface area (Å²) >= 11 is 1.60. The predicted molar refractivity (Wildman–Crippen MR) is 105 cm³/mol. The topological polar surface area (TPSA) is 29.1 Å². The SMILES string of the molecule is CSc1ccc(-c2ccc(C(NC(C=O)CC(C)(C)F)C(F)(F)F)cc2)cc1. The number of thioether (sulfide) groups is 1. The summed E-state index contributed by atoms with van der Waals surface area (Å²) in [5.41, 5.74) is -0.109. The van der Waals surface area contributed by atoms with E-state index in [1.54, 1.807) is 23.9 Å². The number of rotatable bonds is 8. The highest BCUT2D eigenvalue weighted by molar-refractivity contribution is 7.98. The molecule has 1 N–H and O–H groups in total. The van der Waals surface area contributed by atoms with Crippen LogP contribution in [-0.2, 0) is 4.79 Å². The highest BCUT2D eigenvalue weighted by Crippen LogP contribution is 2.35. The molecule has 0 saturated carbocycles. The molecule has 0 aliphatic carbocycles. The van der Waals surface area contributed by atoms with Crippen molar-refractivity contribution in [3.8, 4) is 11.1 Å². The lowest BCUT2D eigenvalue weighted by atomic mass is 9.97. The second-order valence-electron chi connectivity index (χ2n) is 7.16. The fraction of sp³-hybridized carbons (Fsp3) is 0.381. The van der Waals surface area contributed by atoms with Gasteiger partial charge < -0.3 is 4.79 Å².